The molecule has 3 heteroatoms. The zero-order chi connectivity index (χ0) is 19.1. The quantitative estimate of drug-likeness (QED) is 0.681. The number of anilines is 1. The second-order valence-electron chi connectivity index (χ2n) is 7.13. The van der Waals surface area contributed by atoms with E-state index in [0.29, 0.717) is 13.0 Å². The highest BCUT2D eigenvalue weighted by molar-refractivity contribution is 5.99. The molecule has 3 rings (SSSR count). The van der Waals surface area contributed by atoms with Crippen molar-refractivity contribution in [1.82, 2.24) is 5.32 Å². The fourth-order valence-corrected chi connectivity index (χ4v) is 3.73. The van der Waals surface area contributed by atoms with Crippen molar-refractivity contribution in [2.45, 2.75) is 45.6 Å². The highest BCUT2D eigenvalue weighted by Gasteiger charge is 2.22. The van der Waals surface area contributed by atoms with Gasteiger partial charge in [-0.1, -0.05) is 61.9 Å². The Morgan fingerprint density at radius 1 is 1.04 bits per heavy atom. The molecular formula is C24H30N2O. The van der Waals surface area contributed by atoms with Crippen LogP contribution in [0.2, 0.25) is 0 Å². The van der Waals surface area contributed by atoms with Gasteiger partial charge in [0, 0.05) is 12.0 Å². The molecule has 1 aliphatic rings. The molecule has 2 aromatic carbocycles. The molecule has 0 saturated heterocycles. The lowest BCUT2D eigenvalue weighted by Crippen LogP contribution is -2.31. The van der Waals surface area contributed by atoms with E-state index in [1.165, 1.54) is 22.3 Å². The predicted octanol–water partition coefficient (Wildman–Crippen LogP) is 5.26. The topological polar surface area (TPSA) is 32.3 Å². The molecule has 3 nitrogen and oxygen atoms in total. The molecule has 0 atom stereocenters. The van der Waals surface area contributed by atoms with Crippen LogP contribution < -0.4 is 10.2 Å². The lowest BCUT2D eigenvalue weighted by molar-refractivity contribution is -0.118. The number of carbonyl (C=O) groups is 1. The van der Waals surface area contributed by atoms with E-state index in [-0.39, 0.29) is 5.91 Å². The van der Waals surface area contributed by atoms with Crippen molar-refractivity contribution >= 4 is 23.2 Å². The molecule has 0 bridgehead atoms. The van der Waals surface area contributed by atoms with Crippen LogP contribution in [0.15, 0.2) is 48.5 Å². The van der Waals surface area contributed by atoms with Gasteiger partial charge in [-0.2, -0.15) is 0 Å². The van der Waals surface area contributed by atoms with Crippen LogP contribution in [0.5, 0.6) is 0 Å². The number of benzene rings is 2. The maximum atomic E-state index is 13.2. The first-order valence-corrected chi connectivity index (χ1v) is 10.1. The van der Waals surface area contributed by atoms with Crippen LogP contribution in [0.3, 0.4) is 0 Å². The molecule has 1 amide bonds. The minimum atomic E-state index is 0.221. The fourth-order valence-electron chi connectivity index (χ4n) is 3.73. The van der Waals surface area contributed by atoms with Crippen LogP contribution in [-0.4, -0.2) is 19.5 Å². The number of nitrogens with zero attached hydrogens (tertiary/aromatic N) is 1. The highest BCUT2D eigenvalue weighted by atomic mass is 16.2. The van der Waals surface area contributed by atoms with Gasteiger partial charge in [0.2, 0.25) is 5.91 Å². The summed E-state index contributed by atoms with van der Waals surface area (Å²) in [6.45, 7) is 3.83. The molecule has 0 aromatic heterocycles. The van der Waals surface area contributed by atoms with Crippen LogP contribution in [0.4, 0.5) is 5.69 Å². The number of amides is 1. The van der Waals surface area contributed by atoms with Crippen molar-refractivity contribution in [2.75, 3.05) is 18.5 Å². The summed E-state index contributed by atoms with van der Waals surface area (Å²) in [5.74, 6) is 0.221. The second kappa shape index (κ2) is 9.52. The number of hydrogen-bond acceptors (Lipinski definition) is 2. The van der Waals surface area contributed by atoms with Crippen LogP contribution in [-0.2, 0) is 11.3 Å². The van der Waals surface area contributed by atoms with E-state index in [0.717, 1.165) is 37.9 Å². The summed E-state index contributed by atoms with van der Waals surface area (Å²) in [4.78, 5) is 15.1. The zero-order valence-corrected chi connectivity index (χ0v) is 16.5. The molecular weight excluding hydrogens is 332 g/mol. The third-order valence-corrected chi connectivity index (χ3v) is 5.25. The maximum Gasteiger partial charge on any atom is 0.227 e. The van der Waals surface area contributed by atoms with Crippen molar-refractivity contribution < 1.29 is 4.79 Å². The first-order chi connectivity index (χ1) is 13.2. The van der Waals surface area contributed by atoms with Crippen LogP contribution in [0, 0.1) is 0 Å². The molecule has 0 radical (unpaired) electrons. The summed E-state index contributed by atoms with van der Waals surface area (Å²) >= 11 is 0. The largest absolute Gasteiger partial charge is 0.320 e. The third kappa shape index (κ3) is 4.67. The van der Waals surface area contributed by atoms with E-state index in [2.05, 4.69) is 60.8 Å². The molecule has 1 heterocycles. The van der Waals surface area contributed by atoms with Crippen molar-refractivity contribution in [3.05, 3.63) is 65.2 Å². The standard InChI is InChI=1S/C24H30N2O/c1-3-19-17-20-11-6-7-12-21(20)18-26(23-14-9-8-13-22(19)23)24(27)15-5-4-10-16-25-2/h6-9,11-14,17,25H,3-5,10,15-16,18H2,1-2H3/b19-17-. The average molecular weight is 363 g/mol. The molecule has 0 saturated carbocycles. The number of nitrogens with one attached hydrogen (secondary N) is 1. The van der Waals surface area contributed by atoms with Gasteiger partial charge < -0.3 is 10.2 Å². The van der Waals surface area contributed by atoms with Crippen molar-refractivity contribution in [1.29, 1.82) is 0 Å². The Labute approximate surface area is 163 Å². The van der Waals surface area contributed by atoms with Gasteiger partial charge in [0.25, 0.3) is 0 Å². The van der Waals surface area contributed by atoms with Gasteiger partial charge in [0.05, 0.1) is 12.2 Å². The highest BCUT2D eigenvalue weighted by Crippen LogP contribution is 2.35. The fraction of sp³-hybridized carbons (Fsp3) is 0.375. The predicted molar refractivity (Wildman–Crippen MR) is 115 cm³/mol. The monoisotopic (exact) mass is 362 g/mol. The summed E-state index contributed by atoms with van der Waals surface area (Å²) in [5, 5.41) is 3.17. The van der Waals surface area contributed by atoms with Gasteiger partial charge in [0.15, 0.2) is 0 Å². The number of unbranched alkanes of at least 4 members (excludes halogenated alkanes) is 2. The van der Waals surface area contributed by atoms with Gasteiger partial charge in [-0.3, -0.25) is 4.79 Å². The molecule has 2 aromatic rings. The Kier molecular flexibility index (Phi) is 6.83. The minimum Gasteiger partial charge on any atom is -0.320 e. The molecule has 0 fully saturated rings. The van der Waals surface area contributed by atoms with Gasteiger partial charge in [-0.05, 0) is 55.6 Å². The lowest BCUT2D eigenvalue weighted by Gasteiger charge is -2.29. The minimum absolute atomic E-state index is 0.221. The van der Waals surface area contributed by atoms with Crippen LogP contribution >= 0.6 is 0 Å². The van der Waals surface area contributed by atoms with E-state index in [1.807, 2.05) is 18.0 Å². The molecule has 0 aliphatic carbocycles. The number of allylic oxidation sites excluding steroid dienone is 1. The number of hydrogen-bond donors (Lipinski definition) is 1. The Morgan fingerprint density at radius 2 is 1.81 bits per heavy atom. The normalized spacial score (nSPS) is 15.2. The zero-order valence-electron chi connectivity index (χ0n) is 16.5. The first-order valence-electron chi connectivity index (χ1n) is 10.1. The van der Waals surface area contributed by atoms with Crippen molar-refractivity contribution in [2.24, 2.45) is 0 Å². The summed E-state index contributed by atoms with van der Waals surface area (Å²) in [6, 6.07) is 16.8. The van der Waals surface area contributed by atoms with E-state index in [4.69, 9.17) is 0 Å². The Morgan fingerprint density at radius 3 is 2.63 bits per heavy atom. The number of carbonyl (C=O) groups excluding carboxylic acids is 1. The van der Waals surface area contributed by atoms with E-state index < -0.39 is 0 Å². The molecule has 1 N–H and O–H groups in total. The van der Waals surface area contributed by atoms with Gasteiger partial charge in [-0.25, -0.2) is 0 Å². The maximum absolute atomic E-state index is 13.2. The molecule has 0 unspecified atom stereocenters. The van der Waals surface area contributed by atoms with E-state index in [9.17, 15) is 4.79 Å². The summed E-state index contributed by atoms with van der Waals surface area (Å²) in [5.41, 5.74) is 5.93. The Balaban J connectivity index is 1.91. The smallest absolute Gasteiger partial charge is 0.227 e. The Bertz CT molecular complexity index is 810. The molecule has 1 aliphatic heterocycles. The SMILES string of the molecule is CC/C1=C/c2ccccc2CN(C(=O)CCCCCNC)c2ccccc21. The average Bonchev–Trinajstić information content (AvgIpc) is 2.69. The van der Waals surface area contributed by atoms with Crippen LogP contribution in [0.1, 0.15) is 55.7 Å². The van der Waals surface area contributed by atoms with Gasteiger partial charge >= 0.3 is 0 Å². The summed E-state index contributed by atoms with van der Waals surface area (Å²) in [6.07, 6.45) is 6.97. The summed E-state index contributed by atoms with van der Waals surface area (Å²) in [7, 11) is 1.97. The molecule has 142 valence electrons. The third-order valence-electron chi connectivity index (χ3n) is 5.25. The molecule has 27 heavy (non-hydrogen) atoms. The van der Waals surface area contributed by atoms with E-state index in [1.54, 1.807) is 0 Å². The number of para-hydroxylation sites is 1. The van der Waals surface area contributed by atoms with Gasteiger partial charge in [0.1, 0.15) is 0 Å². The van der Waals surface area contributed by atoms with E-state index >= 15 is 0 Å². The van der Waals surface area contributed by atoms with Gasteiger partial charge in [-0.15, -0.1) is 0 Å². The van der Waals surface area contributed by atoms with Crippen LogP contribution in [0.25, 0.3) is 11.6 Å². The summed E-state index contributed by atoms with van der Waals surface area (Å²) < 4.78 is 0. The van der Waals surface area contributed by atoms with Crippen molar-refractivity contribution in [3.8, 4) is 0 Å². The Hall–Kier alpha value is -2.39. The first kappa shape index (κ1) is 19.4. The van der Waals surface area contributed by atoms with Crippen molar-refractivity contribution in [3.63, 3.8) is 0 Å². The second-order valence-corrected chi connectivity index (χ2v) is 7.13. The molecule has 0 spiro atoms. The number of rotatable bonds is 7. The number of fused-ring (bicyclic) bond motifs is 2. The lowest BCUT2D eigenvalue weighted by atomic mass is 9.93.